The Labute approximate surface area is 75.2 Å². The van der Waals surface area contributed by atoms with Crippen molar-refractivity contribution < 1.29 is 0 Å². The van der Waals surface area contributed by atoms with Crippen LogP contribution in [-0.2, 0) is 0 Å². The van der Waals surface area contributed by atoms with Crippen LogP contribution in [0.25, 0.3) is 21.7 Å². The number of nitrogens with zero attached hydrogens (tertiary/aromatic N) is 1. The fourth-order valence-electron chi connectivity index (χ4n) is 1.63. The lowest BCUT2D eigenvalue weighted by molar-refractivity contribution is 1.42. The number of pyridine rings is 1. The maximum absolute atomic E-state index is 4.30. The molecule has 62 valence electrons. The summed E-state index contributed by atoms with van der Waals surface area (Å²) in [7, 11) is 0. The van der Waals surface area contributed by atoms with Crippen molar-refractivity contribution in [3.8, 4) is 0 Å². The minimum Gasteiger partial charge on any atom is -0.366 e. The van der Waals surface area contributed by atoms with Crippen molar-refractivity contribution in [1.82, 2.24) is 9.97 Å². The van der Waals surface area contributed by atoms with Crippen LogP contribution in [0.4, 0.5) is 0 Å². The number of rotatable bonds is 0. The monoisotopic (exact) mass is 168 g/mol. The van der Waals surface area contributed by atoms with E-state index in [1.54, 1.807) is 0 Å². The van der Waals surface area contributed by atoms with Crippen molar-refractivity contribution >= 4 is 21.7 Å². The van der Waals surface area contributed by atoms with Crippen LogP contribution in [0.15, 0.2) is 42.9 Å². The molecule has 0 atom stereocenters. The van der Waals surface area contributed by atoms with E-state index in [1.165, 1.54) is 16.2 Å². The van der Waals surface area contributed by atoms with Crippen molar-refractivity contribution in [3.05, 3.63) is 42.9 Å². The van der Waals surface area contributed by atoms with Gasteiger partial charge in [-0.3, -0.25) is 4.98 Å². The average Bonchev–Trinajstić information content (AvgIpc) is 2.61. The number of aromatic amines is 1. The third kappa shape index (κ3) is 0.920. The highest BCUT2D eigenvalue weighted by atomic mass is 14.7. The van der Waals surface area contributed by atoms with Gasteiger partial charge in [-0.15, -0.1) is 0 Å². The molecule has 0 bridgehead atoms. The quantitative estimate of drug-likeness (QED) is 0.549. The molecule has 0 fully saturated rings. The Bertz CT molecular complexity index is 517. The van der Waals surface area contributed by atoms with Gasteiger partial charge < -0.3 is 4.98 Å². The zero-order chi connectivity index (χ0) is 8.67. The summed E-state index contributed by atoms with van der Waals surface area (Å²) in [4.78, 5) is 7.38. The van der Waals surface area contributed by atoms with Crippen molar-refractivity contribution in [2.75, 3.05) is 0 Å². The second-order valence-electron chi connectivity index (χ2n) is 3.13. The molecule has 0 aliphatic rings. The van der Waals surface area contributed by atoms with Gasteiger partial charge in [0, 0.05) is 29.4 Å². The van der Waals surface area contributed by atoms with Gasteiger partial charge in [-0.2, -0.15) is 0 Å². The van der Waals surface area contributed by atoms with Gasteiger partial charge in [-0.05, 0) is 23.6 Å². The molecule has 2 nitrogen and oxygen atoms in total. The first kappa shape index (κ1) is 6.66. The van der Waals surface area contributed by atoms with Crippen LogP contribution in [0.5, 0.6) is 0 Å². The van der Waals surface area contributed by atoms with Crippen LogP contribution < -0.4 is 0 Å². The van der Waals surface area contributed by atoms with Gasteiger partial charge in [-0.25, -0.2) is 0 Å². The Balaban J connectivity index is 2.57. The fourth-order valence-corrected chi connectivity index (χ4v) is 1.63. The van der Waals surface area contributed by atoms with Gasteiger partial charge in [0.25, 0.3) is 0 Å². The van der Waals surface area contributed by atoms with E-state index in [2.05, 4.69) is 28.2 Å². The lowest BCUT2D eigenvalue weighted by Crippen LogP contribution is -1.75. The third-order valence-electron chi connectivity index (χ3n) is 2.29. The van der Waals surface area contributed by atoms with Gasteiger partial charge in [0.15, 0.2) is 0 Å². The summed E-state index contributed by atoms with van der Waals surface area (Å²) in [5.41, 5.74) is 1.05. The Morgan fingerprint density at radius 1 is 1.00 bits per heavy atom. The molecule has 13 heavy (non-hydrogen) atoms. The van der Waals surface area contributed by atoms with E-state index in [1.807, 2.05) is 24.7 Å². The van der Waals surface area contributed by atoms with Crippen LogP contribution in [0.2, 0.25) is 0 Å². The van der Waals surface area contributed by atoms with E-state index in [-0.39, 0.29) is 0 Å². The summed E-state index contributed by atoms with van der Waals surface area (Å²) < 4.78 is 0. The highest BCUT2D eigenvalue weighted by molar-refractivity contribution is 5.96. The smallest absolute Gasteiger partial charge is 0.0708 e. The molecule has 0 aliphatic heterocycles. The van der Waals surface area contributed by atoms with Crippen molar-refractivity contribution in [2.45, 2.75) is 0 Å². The van der Waals surface area contributed by atoms with Gasteiger partial charge in [0.1, 0.15) is 0 Å². The molecule has 2 aromatic heterocycles. The molecule has 0 aliphatic carbocycles. The van der Waals surface area contributed by atoms with Crippen molar-refractivity contribution in [1.29, 1.82) is 0 Å². The van der Waals surface area contributed by atoms with Gasteiger partial charge >= 0.3 is 0 Å². The predicted octanol–water partition coefficient (Wildman–Crippen LogP) is 2.72. The molecule has 0 radical (unpaired) electrons. The molecule has 3 rings (SSSR count). The van der Waals surface area contributed by atoms with E-state index in [9.17, 15) is 0 Å². The summed E-state index contributed by atoms with van der Waals surface area (Å²) >= 11 is 0. The van der Waals surface area contributed by atoms with E-state index >= 15 is 0 Å². The Kier molecular flexibility index (Phi) is 1.19. The summed E-state index contributed by atoms with van der Waals surface area (Å²) in [6.07, 6.45) is 5.81. The van der Waals surface area contributed by atoms with Gasteiger partial charge in [0.05, 0.1) is 5.52 Å². The van der Waals surface area contributed by atoms with Gasteiger partial charge in [-0.1, -0.05) is 6.07 Å². The Hall–Kier alpha value is -1.83. The lowest BCUT2D eigenvalue weighted by atomic mass is 10.1. The Morgan fingerprint density at radius 3 is 2.77 bits per heavy atom. The third-order valence-corrected chi connectivity index (χ3v) is 2.29. The molecule has 1 N–H and O–H groups in total. The molecule has 0 saturated heterocycles. The fraction of sp³-hybridized carbons (Fsp3) is 0. The lowest BCUT2D eigenvalue weighted by Gasteiger charge is -1.95. The minimum atomic E-state index is 1.05. The zero-order valence-electron chi connectivity index (χ0n) is 6.99. The SMILES string of the molecule is c1cnc2cc3c[nH]cc3cc2c1. The van der Waals surface area contributed by atoms with Crippen molar-refractivity contribution in [2.24, 2.45) is 0 Å². The van der Waals surface area contributed by atoms with E-state index in [0.717, 1.165) is 5.52 Å². The van der Waals surface area contributed by atoms with E-state index < -0.39 is 0 Å². The number of hydrogen-bond donors (Lipinski definition) is 1. The molecule has 3 aromatic rings. The van der Waals surface area contributed by atoms with E-state index in [0.29, 0.717) is 0 Å². The molecule has 2 heteroatoms. The Morgan fingerprint density at radius 2 is 1.85 bits per heavy atom. The van der Waals surface area contributed by atoms with Gasteiger partial charge in [0.2, 0.25) is 0 Å². The summed E-state index contributed by atoms with van der Waals surface area (Å²) in [5, 5.41) is 3.64. The number of fused-ring (bicyclic) bond motifs is 2. The molecule has 2 heterocycles. The second kappa shape index (κ2) is 2.33. The van der Waals surface area contributed by atoms with Crippen LogP contribution in [0.3, 0.4) is 0 Å². The second-order valence-corrected chi connectivity index (χ2v) is 3.13. The van der Waals surface area contributed by atoms with Crippen molar-refractivity contribution in [3.63, 3.8) is 0 Å². The molecule has 0 spiro atoms. The van der Waals surface area contributed by atoms with Crippen LogP contribution in [-0.4, -0.2) is 9.97 Å². The first-order valence-corrected chi connectivity index (χ1v) is 4.25. The molecule has 0 unspecified atom stereocenters. The highest BCUT2D eigenvalue weighted by Gasteiger charge is 1.97. The number of H-pyrrole nitrogens is 1. The normalized spacial score (nSPS) is 11.1. The van der Waals surface area contributed by atoms with Crippen LogP contribution >= 0.6 is 0 Å². The maximum atomic E-state index is 4.30. The number of hydrogen-bond acceptors (Lipinski definition) is 1. The topological polar surface area (TPSA) is 28.7 Å². The summed E-state index contributed by atoms with van der Waals surface area (Å²) in [6.45, 7) is 0. The largest absolute Gasteiger partial charge is 0.366 e. The summed E-state index contributed by atoms with van der Waals surface area (Å²) in [5.74, 6) is 0. The zero-order valence-corrected chi connectivity index (χ0v) is 6.99. The molecule has 1 aromatic carbocycles. The molecule has 0 saturated carbocycles. The minimum absolute atomic E-state index is 1.05. The van der Waals surface area contributed by atoms with Crippen LogP contribution in [0, 0.1) is 0 Å². The highest BCUT2D eigenvalue weighted by Crippen LogP contribution is 2.20. The number of aromatic nitrogens is 2. The standard InChI is InChI=1S/C11H8N2/c1-2-8-4-9-6-12-7-10(9)5-11(8)13-3-1/h1-7,12H. The molecule has 0 amide bonds. The predicted molar refractivity (Wildman–Crippen MR) is 53.6 cm³/mol. The first-order chi connectivity index (χ1) is 6.43. The number of benzene rings is 1. The van der Waals surface area contributed by atoms with Crippen LogP contribution in [0.1, 0.15) is 0 Å². The van der Waals surface area contributed by atoms with E-state index in [4.69, 9.17) is 0 Å². The average molecular weight is 168 g/mol. The molecular weight excluding hydrogens is 160 g/mol. The molecular formula is C11H8N2. The number of nitrogens with one attached hydrogen (secondary N) is 1. The first-order valence-electron chi connectivity index (χ1n) is 4.25. The maximum Gasteiger partial charge on any atom is 0.0708 e. The summed E-state index contributed by atoms with van der Waals surface area (Å²) in [6, 6.07) is 8.28.